The van der Waals surface area contributed by atoms with Crippen molar-refractivity contribution >= 4 is 0 Å². The summed E-state index contributed by atoms with van der Waals surface area (Å²) in [6.45, 7) is 4.99. The quantitative estimate of drug-likeness (QED) is 0.833. The third-order valence-corrected chi connectivity index (χ3v) is 3.16. The molecule has 2 unspecified atom stereocenters. The highest BCUT2D eigenvalue weighted by atomic mass is 16.5. The van der Waals surface area contributed by atoms with Gasteiger partial charge in [0.2, 0.25) is 0 Å². The Morgan fingerprint density at radius 2 is 1.88 bits per heavy atom. The summed E-state index contributed by atoms with van der Waals surface area (Å²) in [4.78, 5) is 0. The van der Waals surface area contributed by atoms with Gasteiger partial charge in [0.25, 0.3) is 0 Å². The number of benzene rings is 1. The van der Waals surface area contributed by atoms with Gasteiger partial charge in [-0.15, -0.1) is 0 Å². The molecule has 0 heterocycles. The lowest BCUT2D eigenvalue weighted by Gasteiger charge is -2.21. The molecule has 3 nitrogen and oxygen atoms in total. The molecule has 0 radical (unpaired) electrons. The van der Waals surface area contributed by atoms with Crippen molar-refractivity contribution in [1.29, 1.82) is 0 Å². The van der Waals surface area contributed by atoms with Crippen LogP contribution in [0.25, 0.3) is 0 Å². The molecule has 0 saturated heterocycles. The van der Waals surface area contributed by atoms with Crippen LogP contribution in [0.1, 0.15) is 25.3 Å². The molecule has 0 aliphatic rings. The minimum Gasteiger partial charge on any atom is -0.497 e. The SMILES string of the molecule is COc1ccc(C(C)C(C)CN)c(OC)c1. The van der Waals surface area contributed by atoms with Gasteiger partial charge in [0.15, 0.2) is 0 Å². The first-order valence-corrected chi connectivity index (χ1v) is 5.56. The summed E-state index contributed by atoms with van der Waals surface area (Å²) in [5.74, 6) is 2.49. The molecule has 2 atom stereocenters. The van der Waals surface area contributed by atoms with Crippen LogP contribution in [-0.2, 0) is 0 Å². The Morgan fingerprint density at radius 1 is 1.19 bits per heavy atom. The molecule has 0 spiro atoms. The summed E-state index contributed by atoms with van der Waals surface area (Å²) < 4.78 is 10.6. The molecule has 16 heavy (non-hydrogen) atoms. The number of hydrogen-bond donors (Lipinski definition) is 1. The molecule has 1 aromatic rings. The Bertz CT molecular complexity index is 339. The van der Waals surface area contributed by atoms with Gasteiger partial charge < -0.3 is 15.2 Å². The van der Waals surface area contributed by atoms with E-state index in [9.17, 15) is 0 Å². The third-order valence-electron chi connectivity index (χ3n) is 3.16. The van der Waals surface area contributed by atoms with E-state index in [-0.39, 0.29) is 0 Å². The molecule has 3 heteroatoms. The smallest absolute Gasteiger partial charge is 0.126 e. The van der Waals surface area contributed by atoms with Gasteiger partial charge in [-0.25, -0.2) is 0 Å². The average molecular weight is 223 g/mol. The van der Waals surface area contributed by atoms with Crippen molar-refractivity contribution in [3.05, 3.63) is 23.8 Å². The molecular formula is C13H21NO2. The molecule has 1 aromatic carbocycles. The van der Waals surface area contributed by atoms with E-state index in [1.807, 2.05) is 12.1 Å². The first-order chi connectivity index (χ1) is 7.63. The molecule has 0 aliphatic heterocycles. The van der Waals surface area contributed by atoms with Crippen molar-refractivity contribution in [1.82, 2.24) is 0 Å². The highest BCUT2D eigenvalue weighted by Gasteiger charge is 2.17. The summed E-state index contributed by atoms with van der Waals surface area (Å²) in [6.07, 6.45) is 0. The van der Waals surface area contributed by atoms with Crippen LogP contribution in [0.15, 0.2) is 18.2 Å². The van der Waals surface area contributed by atoms with E-state index in [1.54, 1.807) is 14.2 Å². The average Bonchev–Trinajstić information content (AvgIpc) is 2.35. The summed E-state index contributed by atoms with van der Waals surface area (Å²) in [5.41, 5.74) is 6.87. The van der Waals surface area contributed by atoms with Gasteiger partial charge in [0.05, 0.1) is 14.2 Å². The van der Waals surface area contributed by atoms with Crippen molar-refractivity contribution < 1.29 is 9.47 Å². The van der Waals surface area contributed by atoms with E-state index >= 15 is 0 Å². The second-order valence-electron chi connectivity index (χ2n) is 4.11. The summed E-state index contributed by atoms with van der Waals surface area (Å²) in [6, 6.07) is 5.92. The summed E-state index contributed by atoms with van der Waals surface area (Å²) >= 11 is 0. The van der Waals surface area contributed by atoms with Crippen LogP contribution < -0.4 is 15.2 Å². The van der Waals surface area contributed by atoms with Crippen LogP contribution >= 0.6 is 0 Å². The van der Waals surface area contributed by atoms with Crippen LogP contribution in [0.3, 0.4) is 0 Å². The monoisotopic (exact) mass is 223 g/mol. The van der Waals surface area contributed by atoms with Crippen LogP contribution in [-0.4, -0.2) is 20.8 Å². The maximum Gasteiger partial charge on any atom is 0.126 e. The molecule has 0 amide bonds. The zero-order valence-corrected chi connectivity index (χ0v) is 10.5. The summed E-state index contributed by atoms with van der Waals surface area (Å²) in [7, 11) is 3.33. The molecule has 1 rings (SSSR count). The highest BCUT2D eigenvalue weighted by Crippen LogP contribution is 2.33. The van der Waals surface area contributed by atoms with E-state index in [2.05, 4.69) is 19.9 Å². The fourth-order valence-corrected chi connectivity index (χ4v) is 1.71. The van der Waals surface area contributed by atoms with Gasteiger partial charge in [0, 0.05) is 6.07 Å². The number of ether oxygens (including phenoxy) is 2. The van der Waals surface area contributed by atoms with Gasteiger partial charge in [0.1, 0.15) is 11.5 Å². The fourth-order valence-electron chi connectivity index (χ4n) is 1.71. The van der Waals surface area contributed by atoms with Crippen molar-refractivity contribution in [2.24, 2.45) is 11.7 Å². The van der Waals surface area contributed by atoms with Gasteiger partial charge in [-0.3, -0.25) is 0 Å². The highest BCUT2D eigenvalue weighted by molar-refractivity contribution is 5.42. The maximum atomic E-state index is 5.69. The number of hydrogen-bond acceptors (Lipinski definition) is 3. The largest absolute Gasteiger partial charge is 0.497 e. The molecule has 0 aromatic heterocycles. The Balaban J connectivity index is 3.03. The van der Waals surface area contributed by atoms with Crippen LogP contribution in [0, 0.1) is 5.92 Å². The zero-order chi connectivity index (χ0) is 12.1. The molecule has 2 N–H and O–H groups in total. The maximum absolute atomic E-state index is 5.69. The van der Waals surface area contributed by atoms with E-state index in [1.165, 1.54) is 5.56 Å². The van der Waals surface area contributed by atoms with Crippen LogP contribution in [0.5, 0.6) is 11.5 Å². The predicted molar refractivity (Wildman–Crippen MR) is 66.2 cm³/mol. The van der Waals surface area contributed by atoms with Gasteiger partial charge in [-0.05, 0) is 30.0 Å². The van der Waals surface area contributed by atoms with Gasteiger partial charge in [-0.2, -0.15) is 0 Å². The van der Waals surface area contributed by atoms with E-state index in [0.29, 0.717) is 18.4 Å². The molecule has 0 aliphatic carbocycles. The number of methoxy groups -OCH3 is 2. The van der Waals surface area contributed by atoms with Crippen molar-refractivity contribution in [3.8, 4) is 11.5 Å². The lowest BCUT2D eigenvalue weighted by Crippen LogP contribution is -2.17. The van der Waals surface area contributed by atoms with Gasteiger partial charge in [-0.1, -0.05) is 19.9 Å². The van der Waals surface area contributed by atoms with Crippen molar-refractivity contribution in [3.63, 3.8) is 0 Å². The van der Waals surface area contributed by atoms with E-state index in [4.69, 9.17) is 15.2 Å². The van der Waals surface area contributed by atoms with Crippen molar-refractivity contribution in [2.75, 3.05) is 20.8 Å². The van der Waals surface area contributed by atoms with Crippen LogP contribution in [0.2, 0.25) is 0 Å². The zero-order valence-electron chi connectivity index (χ0n) is 10.5. The number of nitrogens with two attached hydrogens (primary N) is 1. The minimum absolute atomic E-state index is 0.380. The first kappa shape index (κ1) is 12.8. The van der Waals surface area contributed by atoms with Crippen molar-refractivity contribution in [2.45, 2.75) is 19.8 Å². The first-order valence-electron chi connectivity index (χ1n) is 5.56. The molecule has 0 saturated carbocycles. The van der Waals surface area contributed by atoms with E-state index < -0.39 is 0 Å². The van der Waals surface area contributed by atoms with Crippen LogP contribution in [0.4, 0.5) is 0 Å². The Kier molecular flexibility index (Phi) is 4.62. The Hall–Kier alpha value is -1.22. The summed E-state index contributed by atoms with van der Waals surface area (Å²) in [5, 5.41) is 0. The molecular weight excluding hydrogens is 202 g/mol. The Morgan fingerprint density at radius 3 is 2.38 bits per heavy atom. The normalized spacial score (nSPS) is 14.3. The second-order valence-corrected chi connectivity index (χ2v) is 4.11. The van der Waals surface area contributed by atoms with Gasteiger partial charge >= 0.3 is 0 Å². The minimum atomic E-state index is 0.380. The third kappa shape index (κ3) is 2.67. The predicted octanol–water partition coefficient (Wildman–Crippen LogP) is 2.40. The lowest BCUT2D eigenvalue weighted by atomic mass is 9.88. The number of rotatable bonds is 5. The molecule has 0 fully saturated rings. The topological polar surface area (TPSA) is 44.5 Å². The van der Waals surface area contributed by atoms with E-state index in [0.717, 1.165) is 11.5 Å². The fraction of sp³-hybridized carbons (Fsp3) is 0.538. The second kappa shape index (κ2) is 5.75. The molecule has 0 bridgehead atoms. The lowest BCUT2D eigenvalue weighted by molar-refractivity contribution is 0.382. The Labute approximate surface area is 97.6 Å². The standard InChI is InChI=1S/C13H21NO2/c1-9(8-14)10(2)12-6-5-11(15-3)7-13(12)16-4/h5-7,9-10H,8,14H2,1-4H3. The molecule has 90 valence electrons.